The second-order valence-electron chi connectivity index (χ2n) is 4.72. The molecule has 1 aromatic rings. The highest BCUT2D eigenvalue weighted by molar-refractivity contribution is 9.10. The van der Waals surface area contributed by atoms with Crippen LogP contribution in [-0.4, -0.2) is 35.8 Å². The van der Waals surface area contributed by atoms with Gasteiger partial charge >= 0.3 is 0 Å². The van der Waals surface area contributed by atoms with Gasteiger partial charge in [0.2, 0.25) is 0 Å². The molecular formula is C18H14BrNO4S. The van der Waals surface area contributed by atoms with Gasteiger partial charge in [0.05, 0.1) is 18.1 Å². The van der Waals surface area contributed by atoms with E-state index in [4.69, 9.17) is 22.3 Å². The van der Waals surface area contributed by atoms with Gasteiger partial charge in [-0.1, -0.05) is 27.8 Å². The molecule has 1 aliphatic heterocycles. The minimum Gasteiger partial charge on any atom is -0.490 e. The lowest BCUT2D eigenvalue weighted by molar-refractivity contribution is -0.122. The molecule has 1 aromatic carbocycles. The Morgan fingerprint density at radius 3 is 2.60 bits per heavy atom. The molecule has 7 heteroatoms. The van der Waals surface area contributed by atoms with Gasteiger partial charge in [-0.05, 0) is 42.5 Å². The van der Waals surface area contributed by atoms with Crippen molar-refractivity contribution < 1.29 is 19.1 Å². The summed E-state index contributed by atoms with van der Waals surface area (Å²) in [5.74, 6) is 5.27. The molecule has 0 aromatic heterocycles. The third kappa shape index (κ3) is 4.39. The average molecular weight is 420 g/mol. The van der Waals surface area contributed by atoms with Crippen LogP contribution in [0.25, 0.3) is 6.08 Å². The number of hydrogen-bond acceptors (Lipinski definition) is 5. The molecule has 2 rings (SSSR count). The van der Waals surface area contributed by atoms with Crippen molar-refractivity contribution in [2.75, 3.05) is 19.8 Å². The van der Waals surface area contributed by atoms with Gasteiger partial charge in [-0.15, -0.1) is 12.8 Å². The van der Waals surface area contributed by atoms with Crippen LogP contribution in [-0.2, 0) is 4.79 Å². The van der Waals surface area contributed by atoms with Crippen LogP contribution in [0.3, 0.4) is 0 Å². The van der Waals surface area contributed by atoms with Crippen molar-refractivity contribution in [1.82, 2.24) is 4.90 Å². The van der Waals surface area contributed by atoms with Gasteiger partial charge in [0.25, 0.3) is 11.1 Å². The third-order valence-electron chi connectivity index (χ3n) is 3.08. The van der Waals surface area contributed by atoms with Gasteiger partial charge in [0.15, 0.2) is 11.5 Å². The highest BCUT2D eigenvalue weighted by Crippen LogP contribution is 2.38. The number of rotatable bonds is 6. The number of nitrogens with zero attached hydrogens (tertiary/aromatic N) is 1. The zero-order valence-electron chi connectivity index (χ0n) is 13.4. The van der Waals surface area contributed by atoms with Gasteiger partial charge in [-0.25, -0.2) is 0 Å². The number of carbonyl (C=O) groups is 2. The molecule has 1 fully saturated rings. The number of thioether (sulfide) groups is 1. The molecule has 25 heavy (non-hydrogen) atoms. The predicted octanol–water partition coefficient (Wildman–Crippen LogP) is 3.53. The fourth-order valence-electron chi connectivity index (χ4n) is 2.03. The van der Waals surface area contributed by atoms with E-state index in [1.807, 2.05) is 6.92 Å². The molecule has 1 aliphatic rings. The summed E-state index contributed by atoms with van der Waals surface area (Å²) in [5.41, 5.74) is 0.669. The fraction of sp³-hybridized carbons (Fsp3) is 0.222. The van der Waals surface area contributed by atoms with Crippen molar-refractivity contribution in [2.45, 2.75) is 6.92 Å². The number of terminal acetylenes is 2. The predicted molar refractivity (Wildman–Crippen MR) is 101 cm³/mol. The third-order valence-corrected chi connectivity index (χ3v) is 4.68. The lowest BCUT2D eigenvalue weighted by Crippen LogP contribution is -2.28. The Morgan fingerprint density at radius 2 is 1.96 bits per heavy atom. The molecule has 1 heterocycles. The first kappa shape index (κ1) is 19.0. The fourth-order valence-corrected chi connectivity index (χ4v) is 3.30. The van der Waals surface area contributed by atoms with E-state index >= 15 is 0 Å². The molecule has 128 valence electrons. The van der Waals surface area contributed by atoms with Crippen molar-refractivity contribution >= 4 is 44.9 Å². The molecule has 0 radical (unpaired) electrons. The van der Waals surface area contributed by atoms with Crippen molar-refractivity contribution in [1.29, 1.82) is 0 Å². The molecule has 0 spiro atoms. The van der Waals surface area contributed by atoms with E-state index in [9.17, 15) is 9.59 Å². The topological polar surface area (TPSA) is 55.8 Å². The standard InChI is InChI=1S/C18H14BrNO4S/c1-4-7-20-17(21)16(25-18(20)22)10-12-9-14(23-6-3)15(11-13(12)19)24-8-5-2/h1-2,9-11H,6-8H2,3H3/b16-10-. The Kier molecular flexibility index (Phi) is 6.58. The SMILES string of the molecule is C#CCOc1cc(Br)c(/C=C2\SC(=O)N(CC#C)C2=O)cc1OCC. The Morgan fingerprint density at radius 1 is 1.24 bits per heavy atom. The van der Waals surface area contributed by atoms with E-state index < -0.39 is 5.91 Å². The van der Waals surface area contributed by atoms with Crippen LogP contribution in [0.4, 0.5) is 4.79 Å². The van der Waals surface area contributed by atoms with Gasteiger partial charge in [-0.3, -0.25) is 14.5 Å². The lowest BCUT2D eigenvalue weighted by Gasteiger charge is -2.13. The number of benzene rings is 1. The molecule has 5 nitrogen and oxygen atoms in total. The first-order chi connectivity index (χ1) is 12.0. The minimum atomic E-state index is -0.412. The van der Waals surface area contributed by atoms with Crippen molar-refractivity contribution in [3.63, 3.8) is 0 Å². The summed E-state index contributed by atoms with van der Waals surface area (Å²) in [6, 6.07) is 3.43. The molecule has 1 saturated heterocycles. The van der Waals surface area contributed by atoms with Gasteiger partial charge in [0.1, 0.15) is 6.61 Å². The van der Waals surface area contributed by atoms with Crippen LogP contribution in [0.1, 0.15) is 12.5 Å². The lowest BCUT2D eigenvalue weighted by atomic mass is 10.2. The second-order valence-corrected chi connectivity index (χ2v) is 6.57. The number of amides is 2. The molecule has 0 atom stereocenters. The molecule has 0 aliphatic carbocycles. The van der Waals surface area contributed by atoms with Crippen LogP contribution in [0.15, 0.2) is 21.5 Å². The summed E-state index contributed by atoms with van der Waals surface area (Å²) >= 11 is 4.28. The van der Waals surface area contributed by atoms with Crippen LogP contribution >= 0.6 is 27.7 Å². The normalized spacial score (nSPS) is 15.2. The van der Waals surface area contributed by atoms with Gasteiger partial charge in [-0.2, -0.15) is 0 Å². The van der Waals surface area contributed by atoms with Crippen LogP contribution in [0.5, 0.6) is 11.5 Å². The summed E-state index contributed by atoms with van der Waals surface area (Å²) in [4.78, 5) is 25.4. The zero-order chi connectivity index (χ0) is 18.4. The van der Waals surface area contributed by atoms with E-state index in [1.54, 1.807) is 18.2 Å². The number of carbonyl (C=O) groups excluding carboxylic acids is 2. The summed E-state index contributed by atoms with van der Waals surface area (Å²) in [6.07, 6.45) is 12.0. The zero-order valence-corrected chi connectivity index (χ0v) is 15.8. The summed E-state index contributed by atoms with van der Waals surface area (Å²) in [5, 5.41) is -0.385. The Hall–Kier alpha value is -2.35. The minimum absolute atomic E-state index is 0.0494. The van der Waals surface area contributed by atoms with E-state index in [2.05, 4.69) is 27.8 Å². The van der Waals surface area contributed by atoms with Gasteiger partial charge in [0, 0.05) is 4.47 Å². The van der Waals surface area contributed by atoms with E-state index in [-0.39, 0.29) is 18.4 Å². The summed E-state index contributed by atoms with van der Waals surface area (Å²) in [7, 11) is 0. The Balaban J connectivity index is 2.38. The van der Waals surface area contributed by atoms with Crippen molar-refractivity contribution in [3.8, 4) is 36.2 Å². The highest BCUT2D eigenvalue weighted by Gasteiger charge is 2.34. The van der Waals surface area contributed by atoms with Crippen molar-refractivity contribution in [3.05, 3.63) is 27.1 Å². The number of ether oxygens (including phenoxy) is 2. The number of hydrogen-bond donors (Lipinski definition) is 0. The van der Waals surface area contributed by atoms with Gasteiger partial charge < -0.3 is 9.47 Å². The molecule has 0 N–H and O–H groups in total. The molecular weight excluding hydrogens is 406 g/mol. The van der Waals surface area contributed by atoms with Crippen LogP contribution < -0.4 is 9.47 Å². The molecule has 0 saturated carbocycles. The Bertz CT molecular complexity index is 820. The van der Waals surface area contributed by atoms with Crippen molar-refractivity contribution in [2.24, 2.45) is 0 Å². The monoisotopic (exact) mass is 419 g/mol. The van der Waals surface area contributed by atoms with E-state index in [0.717, 1.165) is 16.7 Å². The smallest absolute Gasteiger partial charge is 0.294 e. The average Bonchev–Trinajstić information content (AvgIpc) is 2.84. The van der Waals surface area contributed by atoms with E-state index in [0.29, 0.717) is 33.0 Å². The highest BCUT2D eigenvalue weighted by atomic mass is 79.9. The quantitative estimate of drug-likeness (QED) is 0.521. The maximum atomic E-state index is 12.3. The number of halogens is 1. The maximum absolute atomic E-state index is 12.3. The second kappa shape index (κ2) is 8.66. The summed E-state index contributed by atoms with van der Waals surface area (Å²) in [6.45, 7) is 2.34. The molecule has 2 amide bonds. The maximum Gasteiger partial charge on any atom is 0.294 e. The molecule has 0 unspecified atom stereocenters. The molecule has 0 bridgehead atoms. The summed E-state index contributed by atoms with van der Waals surface area (Å²) < 4.78 is 11.7. The Labute approximate surface area is 158 Å². The largest absolute Gasteiger partial charge is 0.490 e. The van der Waals surface area contributed by atoms with E-state index in [1.165, 1.54) is 0 Å². The number of imide groups is 1. The van der Waals surface area contributed by atoms with Crippen LogP contribution in [0, 0.1) is 24.7 Å². The first-order valence-electron chi connectivity index (χ1n) is 7.23. The first-order valence-corrected chi connectivity index (χ1v) is 8.84. The van der Waals surface area contributed by atoms with Crippen LogP contribution in [0.2, 0.25) is 0 Å².